The minimum absolute atomic E-state index is 0.349. The second-order valence-corrected chi connectivity index (χ2v) is 5.50. The molecule has 0 radical (unpaired) electrons. The normalized spacial score (nSPS) is 12.7. The Hall–Kier alpha value is -0.950. The fourth-order valence-corrected chi connectivity index (χ4v) is 2.69. The van der Waals surface area contributed by atoms with Gasteiger partial charge in [-0.2, -0.15) is 5.10 Å². The van der Waals surface area contributed by atoms with E-state index in [1.165, 1.54) is 18.3 Å². The fraction of sp³-hybridized carbons (Fsp3) is 0.308. The standard InChI is InChI=1S/C13H14BrClFN3O/c1-20-5-4-19-13(11(15)7-18-19)12(17)9-6-8(16)2-3-10(9)14/h2-3,6-7,12H,4-5,17H2,1H3. The number of nitrogens with two attached hydrogens (primary N) is 1. The number of halogens is 3. The van der Waals surface area contributed by atoms with Gasteiger partial charge in [-0.1, -0.05) is 27.5 Å². The molecule has 0 aliphatic carbocycles. The molecule has 0 saturated heterocycles. The van der Waals surface area contributed by atoms with Crippen LogP contribution >= 0.6 is 27.5 Å². The molecule has 2 aromatic rings. The van der Waals surface area contributed by atoms with Crippen LogP contribution in [0.2, 0.25) is 5.02 Å². The van der Waals surface area contributed by atoms with E-state index in [2.05, 4.69) is 21.0 Å². The summed E-state index contributed by atoms with van der Waals surface area (Å²) in [6.07, 6.45) is 1.53. The van der Waals surface area contributed by atoms with Crippen molar-refractivity contribution in [3.63, 3.8) is 0 Å². The predicted molar refractivity (Wildman–Crippen MR) is 79.2 cm³/mol. The molecule has 0 fully saturated rings. The van der Waals surface area contributed by atoms with Crippen LogP contribution in [0.5, 0.6) is 0 Å². The van der Waals surface area contributed by atoms with Gasteiger partial charge in [0.25, 0.3) is 0 Å². The molecule has 0 amide bonds. The second kappa shape index (κ2) is 6.67. The maximum atomic E-state index is 13.4. The number of rotatable bonds is 5. The Morgan fingerprint density at radius 1 is 1.55 bits per heavy atom. The maximum Gasteiger partial charge on any atom is 0.123 e. The molecule has 2 rings (SSSR count). The SMILES string of the molecule is COCCn1ncc(Cl)c1C(N)c1cc(F)ccc1Br. The Labute approximate surface area is 129 Å². The summed E-state index contributed by atoms with van der Waals surface area (Å²) in [6, 6.07) is 3.80. The quantitative estimate of drug-likeness (QED) is 0.889. The largest absolute Gasteiger partial charge is 0.383 e. The molecule has 1 aromatic carbocycles. The smallest absolute Gasteiger partial charge is 0.123 e. The molecule has 7 heteroatoms. The van der Waals surface area contributed by atoms with Crippen LogP contribution < -0.4 is 5.73 Å². The Balaban J connectivity index is 2.39. The van der Waals surface area contributed by atoms with E-state index in [9.17, 15) is 4.39 Å². The molecule has 0 aliphatic rings. The van der Waals surface area contributed by atoms with Gasteiger partial charge in [-0.05, 0) is 23.8 Å². The summed E-state index contributed by atoms with van der Waals surface area (Å²) in [5, 5.41) is 4.62. The van der Waals surface area contributed by atoms with Crippen molar-refractivity contribution in [2.75, 3.05) is 13.7 Å². The van der Waals surface area contributed by atoms with Gasteiger partial charge in [0.15, 0.2) is 0 Å². The van der Waals surface area contributed by atoms with E-state index >= 15 is 0 Å². The Morgan fingerprint density at radius 2 is 2.30 bits per heavy atom. The highest BCUT2D eigenvalue weighted by Gasteiger charge is 2.21. The van der Waals surface area contributed by atoms with Gasteiger partial charge in [0.1, 0.15) is 5.82 Å². The first-order valence-corrected chi connectivity index (χ1v) is 7.12. The van der Waals surface area contributed by atoms with Gasteiger partial charge in [0.05, 0.1) is 36.1 Å². The van der Waals surface area contributed by atoms with Crippen LogP contribution in [0.4, 0.5) is 4.39 Å². The van der Waals surface area contributed by atoms with Crippen LogP contribution in [0.15, 0.2) is 28.9 Å². The topological polar surface area (TPSA) is 53.1 Å². The van der Waals surface area contributed by atoms with E-state index in [-0.39, 0.29) is 5.82 Å². The first-order chi connectivity index (χ1) is 9.54. The number of ether oxygens (including phenoxy) is 1. The molecule has 1 unspecified atom stereocenters. The van der Waals surface area contributed by atoms with E-state index in [0.717, 1.165) is 4.47 Å². The molecule has 0 bridgehead atoms. The Bertz CT molecular complexity index is 605. The lowest BCUT2D eigenvalue weighted by molar-refractivity contribution is 0.182. The molecule has 1 atom stereocenters. The number of methoxy groups -OCH3 is 1. The van der Waals surface area contributed by atoms with Crippen LogP contribution in [0.25, 0.3) is 0 Å². The summed E-state index contributed by atoms with van der Waals surface area (Å²) in [5.74, 6) is -0.349. The minimum atomic E-state index is -0.577. The summed E-state index contributed by atoms with van der Waals surface area (Å²) >= 11 is 9.52. The molecule has 108 valence electrons. The van der Waals surface area contributed by atoms with Gasteiger partial charge < -0.3 is 10.5 Å². The molecule has 1 aromatic heterocycles. The number of nitrogens with zero attached hydrogens (tertiary/aromatic N) is 2. The van der Waals surface area contributed by atoms with Crippen molar-refractivity contribution in [3.8, 4) is 0 Å². The Morgan fingerprint density at radius 3 is 3.00 bits per heavy atom. The van der Waals surface area contributed by atoms with Gasteiger partial charge in [0.2, 0.25) is 0 Å². The zero-order valence-electron chi connectivity index (χ0n) is 10.8. The van der Waals surface area contributed by atoms with Crippen LogP contribution in [-0.4, -0.2) is 23.5 Å². The third-order valence-corrected chi connectivity index (χ3v) is 3.94. The molecule has 0 aliphatic heterocycles. The molecule has 0 spiro atoms. The molecule has 0 saturated carbocycles. The number of benzene rings is 1. The number of aromatic nitrogens is 2. The Kier molecular flexibility index (Phi) is 5.15. The summed E-state index contributed by atoms with van der Waals surface area (Å²) in [7, 11) is 1.61. The average Bonchev–Trinajstić information content (AvgIpc) is 2.79. The minimum Gasteiger partial charge on any atom is -0.383 e. The first kappa shape index (κ1) is 15.4. The van der Waals surface area contributed by atoms with E-state index in [4.69, 9.17) is 22.1 Å². The molecule has 2 N–H and O–H groups in total. The van der Waals surface area contributed by atoms with Crippen LogP contribution in [-0.2, 0) is 11.3 Å². The number of hydrogen-bond donors (Lipinski definition) is 1. The lowest BCUT2D eigenvalue weighted by Gasteiger charge is -2.17. The van der Waals surface area contributed by atoms with Gasteiger partial charge >= 0.3 is 0 Å². The molecule has 4 nitrogen and oxygen atoms in total. The van der Waals surface area contributed by atoms with Crippen molar-refractivity contribution in [2.45, 2.75) is 12.6 Å². The van der Waals surface area contributed by atoms with E-state index in [1.54, 1.807) is 17.9 Å². The predicted octanol–water partition coefficient (Wildman–Crippen LogP) is 3.13. The highest BCUT2D eigenvalue weighted by Crippen LogP contribution is 2.31. The monoisotopic (exact) mass is 361 g/mol. The highest BCUT2D eigenvalue weighted by atomic mass is 79.9. The summed E-state index contributed by atoms with van der Waals surface area (Å²) in [5.41, 5.74) is 7.47. The second-order valence-electron chi connectivity index (χ2n) is 4.24. The van der Waals surface area contributed by atoms with Crippen molar-refractivity contribution in [1.29, 1.82) is 0 Å². The van der Waals surface area contributed by atoms with Gasteiger partial charge in [-0.15, -0.1) is 0 Å². The first-order valence-electron chi connectivity index (χ1n) is 5.95. The summed E-state index contributed by atoms with van der Waals surface area (Å²) in [4.78, 5) is 0. The zero-order valence-corrected chi connectivity index (χ0v) is 13.2. The van der Waals surface area contributed by atoms with E-state index in [0.29, 0.717) is 29.4 Å². The van der Waals surface area contributed by atoms with E-state index < -0.39 is 6.04 Å². The number of hydrogen-bond acceptors (Lipinski definition) is 3. The van der Waals surface area contributed by atoms with Crippen LogP contribution in [0.3, 0.4) is 0 Å². The molecular formula is C13H14BrClFN3O. The highest BCUT2D eigenvalue weighted by molar-refractivity contribution is 9.10. The van der Waals surface area contributed by atoms with Crippen molar-refractivity contribution in [2.24, 2.45) is 5.73 Å². The fourth-order valence-electron chi connectivity index (χ4n) is 1.94. The van der Waals surface area contributed by atoms with Crippen molar-refractivity contribution < 1.29 is 9.13 Å². The van der Waals surface area contributed by atoms with Crippen molar-refractivity contribution in [3.05, 3.63) is 51.0 Å². The van der Waals surface area contributed by atoms with E-state index in [1.807, 2.05) is 0 Å². The van der Waals surface area contributed by atoms with Crippen LogP contribution in [0, 0.1) is 5.82 Å². The van der Waals surface area contributed by atoms with Gasteiger partial charge in [0, 0.05) is 11.6 Å². The van der Waals surface area contributed by atoms with Crippen molar-refractivity contribution in [1.82, 2.24) is 9.78 Å². The van der Waals surface area contributed by atoms with Gasteiger partial charge in [-0.3, -0.25) is 4.68 Å². The van der Waals surface area contributed by atoms with Gasteiger partial charge in [-0.25, -0.2) is 4.39 Å². The van der Waals surface area contributed by atoms with Crippen LogP contribution in [0.1, 0.15) is 17.3 Å². The maximum absolute atomic E-state index is 13.4. The summed E-state index contributed by atoms with van der Waals surface area (Å²) in [6.45, 7) is 1.02. The average molecular weight is 363 g/mol. The third-order valence-electron chi connectivity index (χ3n) is 2.93. The molecular weight excluding hydrogens is 349 g/mol. The zero-order chi connectivity index (χ0) is 14.7. The molecule has 1 heterocycles. The van der Waals surface area contributed by atoms with Crippen molar-refractivity contribution >= 4 is 27.5 Å². The lowest BCUT2D eigenvalue weighted by Crippen LogP contribution is -2.20. The summed E-state index contributed by atoms with van der Waals surface area (Å²) < 4.78 is 20.8. The third kappa shape index (κ3) is 3.20. The lowest BCUT2D eigenvalue weighted by atomic mass is 10.0. The molecule has 20 heavy (non-hydrogen) atoms.